The zero-order valence-electron chi connectivity index (χ0n) is 10.6. The van der Waals surface area contributed by atoms with E-state index >= 15 is 0 Å². The number of nitrogens with one attached hydrogen (secondary N) is 2. The van der Waals surface area contributed by atoms with E-state index in [0.717, 1.165) is 25.1 Å². The second-order valence-corrected chi connectivity index (χ2v) is 4.71. The summed E-state index contributed by atoms with van der Waals surface area (Å²) in [6, 6.07) is 0. The summed E-state index contributed by atoms with van der Waals surface area (Å²) >= 11 is 0. The Morgan fingerprint density at radius 1 is 1.63 bits per heavy atom. The van der Waals surface area contributed by atoms with Crippen molar-refractivity contribution >= 4 is 11.7 Å². The van der Waals surface area contributed by atoms with Crippen LogP contribution in [0.2, 0.25) is 0 Å². The van der Waals surface area contributed by atoms with Crippen molar-refractivity contribution in [1.82, 2.24) is 20.5 Å². The highest BCUT2D eigenvalue weighted by molar-refractivity contribution is 6.07. The van der Waals surface area contributed by atoms with Crippen LogP contribution in [-0.4, -0.2) is 38.7 Å². The lowest BCUT2D eigenvalue weighted by atomic mass is 9.67. The number of aromatic nitrogens is 3. The molecular formula is C11H18N6O2. The van der Waals surface area contributed by atoms with E-state index in [0.29, 0.717) is 19.4 Å². The second-order valence-electron chi connectivity index (χ2n) is 4.71. The summed E-state index contributed by atoms with van der Waals surface area (Å²) in [4.78, 5) is 16.1. The van der Waals surface area contributed by atoms with E-state index in [1.54, 1.807) is 0 Å². The number of nitrogens with two attached hydrogens (primary N) is 1. The van der Waals surface area contributed by atoms with Gasteiger partial charge in [0.05, 0.1) is 0 Å². The number of hydrogen-bond donors (Lipinski definition) is 4. The summed E-state index contributed by atoms with van der Waals surface area (Å²) < 4.78 is 0. The minimum absolute atomic E-state index is 0.00600. The van der Waals surface area contributed by atoms with Crippen LogP contribution in [0.3, 0.4) is 0 Å². The van der Waals surface area contributed by atoms with Crippen molar-refractivity contribution in [2.24, 2.45) is 16.3 Å². The van der Waals surface area contributed by atoms with Crippen molar-refractivity contribution in [2.45, 2.75) is 32.1 Å². The Hall–Kier alpha value is -2.12. The average Bonchev–Trinajstić information content (AvgIpc) is 2.86. The Morgan fingerprint density at radius 3 is 2.95 bits per heavy atom. The lowest BCUT2D eigenvalue weighted by molar-refractivity contribution is -0.131. The van der Waals surface area contributed by atoms with Crippen LogP contribution < -0.4 is 11.1 Å². The summed E-state index contributed by atoms with van der Waals surface area (Å²) in [5.74, 6) is 0.641. The first-order valence-corrected chi connectivity index (χ1v) is 6.29. The van der Waals surface area contributed by atoms with Gasteiger partial charge in [0.1, 0.15) is 17.6 Å². The number of aryl methyl sites for hydroxylation is 1. The predicted molar refractivity (Wildman–Crippen MR) is 67.4 cm³/mol. The molecule has 1 amide bonds. The third-order valence-electron chi connectivity index (χ3n) is 3.58. The van der Waals surface area contributed by atoms with E-state index in [1.807, 2.05) is 0 Å². The molecule has 104 valence electrons. The highest BCUT2D eigenvalue weighted by Crippen LogP contribution is 2.41. The van der Waals surface area contributed by atoms with Crippen molar-refractivity contribution in [3.05, 3.63) is 12.2 Å². The molecule has 1 aromatic rings. The van der Waals surface area contributed by atoms with Crippen molar-refractivity contribution in [2.75, 3.05) is 6.54 Å². The Bertz CT molecular complexity index is 452. The van der Waals surface area contributed by atoms with Crippen LogP contribution in [0.15, 0.2) is 11.5 Å². The minimum Gasteiger partial charge on any atom is -0.409 e. The number of amides is 1. The molecular weight excluding hydrogens is 248 g/mol. The van der Waals surface area contributed by atoms with Crippen LogP contribution in [0, 0.1) is 5.41 Å². The van der Waals surface area contributed by atoms with E-state index in [4.69, 9.17) is 10.9 Å². The van der Waals surface area contributed by atoms with E-state index in [-0.39, 0.29) is 11.7 Å². The number of H-pyrrole nitrogens is 1. The third kappa shape index (κ3) is 2.67. The van der Waals surface area contributed by atoms with E-state index in [1.165, 1.54) is 6.33 Å². The molecule has 0 aromatic carbocycles. The van der Waals surface area contributed by atoms with Crippen LogP contribution in [0.5, 0.6) is 0 Å². The number of hydrogen-bond acceptors (Lipinski definition) is 5. The molecule has 0 aliphatic heterocycles. The van der Waals surface area contributed by atoms with Gasteiger partial charge in [0.2, 0.25) is 5.91 Å². The number of oxime groups is 1. The van der Waals surface area contributed by atoms with Gasteiger partial charge in [-0.3, -0.25) is 9.89 Å². The fourth-order valence-electron chi connectivity index (χ4n) is 2.20. The van der Waals surface area contributed by atoms with Crippen LogP contribution in [-0.2, 0) is 11.2 Å². The predicted octanol–water partition coefficient (Wildman–Crippen LogP) is -0.230. The molecule has 1 saturated carbocycles. The first kappa shape index (κ1) is 13.3. The quantitative estimate of drug-likeness (QED) is 0.186. The highest BCUT2D eigenvalue weighted by atomic mass is 16.4. The minimum atomic E-state index is -0.805. The molecule has 0 unspecified atom stereocenters. The van der Waals surface area contributed by atoms with Crippen LogP contribution in [0.25, 0.3) is 0 Å². The second kappa shape index (κ2) is 5.68. The van der Waals surface area contributed by atoms with Gasteiger partial charge in [0, 0.05) is 13.0 Å². The molecule has 1 aliphatic carbocycles. The maximum Gasteiger partial charge on any atom is 0.233 e. The topological polar surface area (TPSA) is 129 Å². The normalized spacial score (nSPS) is 17.8. The summed E-state index contributed by atoms with van der Waals surface area (Å²) in [6.45, 7) is 0.528. The summed E-state index contributed by atoms with van der Waals surface area (Å²) in [7, 11) is 0. The van der Waals surface area contributed by atoms with Gasteiger partial charge >= 0.3 is 0 Å². The molecule has 1 aliphatic rings. The molecule has 19 heavy (non-hydrogen) atoms. The largest absolute Gasteiger partial charge is 0.409 e. The molecule has 8 heteroatoms. The van der Waals surface area contributed by atoms with Crippen LogP contribution >= 0.6 is 0 Å². The number of amidine groups is 1. The number of carbonyl (C=O) groups is 1. The maximum absolute atomic E-state index is 12.1. The van der Waals surface area contributed by atoms with Gasteiger partial charge in [-0.25, -0.2) is 4.98 Å². The zero-order chi connectivity index (χ0) is 13.7. The molecule has 0 atom stereocenters. The molecule has 1 fully saturated rings. The SMILES string of the molecule is NC(=NO)C1(C(=O)NCCCc2ncn[nH]2)CCC1. The summed E-state index contributed by atoms with van der Waals surface area (Å²) in [5, 5.41) is 21.1. The first-order valence-electron chi connectivity index (χ1n) is 6.29. The standard InChI is InChI=1S/C11H18N6O2/c12-9(17-19)11(4-2-5-11)10(18)13-6-1-3-8-14-7-15-16-8/h7,19H,1-6H2,(H2,12,17)(H,13,18)(H,14,15,16). The van der Waals surface area contributed by atoms with E-state index < -0.39 is 5.41 Å². The van der Waals surface area contributed by atoms with Gasteiger partial charge in [-0.05, 0) is 19.3 Å². The van der Waals surface area contributed by atoms with Crippen molar-refractivity contribution in [3.63, 3.8) is 0 Å². The maximum atomic E-state index is 12.1. The molecule has 2 rings (SSSR count). The van der Waals surface area contributed by atoms with Crippen molar-refractivity contribution in [3.8, 4) is 0 Å². The zero-order valence-corrected chi connectivity index (χ0v) is 10.6. The Balaban J connectivity index is 1.77. The van der Waals surface area contributed by atoms with Gasteiger partial charge in [0.25, 0.3) is 0 Å². The highest BCUT2D eigenvalue weighted by Gasteiger charge is 2.48. The fourth-order valence-corrected chi connectivity index (χ4v) is 2.20. The molecule has 0 bridgehead atoms. The van der Waals surface area contributed by atoms with Crippen molar-refractivity contribution < 1.29 is 10.0 Å². The lowest BCUT2D eigenvalue weighted by Crippen LogP contribution is -2.54. The number of rotatable bonds is 6. The Labute approximate surface area is 110 Å². The lowest BCUT2D eigenvalue weighted by Gasteiger charge is -2.38. The third-order valence-corrected chi connectivity index (χ3v) is 3.58. The number of aromatic amines is 1. The van der Waals surface area contributed by atoms with Crippen LogP contribution in [0.1, 0.15) is 31.5 Å². The molecule has 0 saturated heterocycles. The van der Waals surface area contributed by atoms with Crippen molar-refractivity contribution in [1.29, 1.82) is 0 Å². The molecule has 8 nitrogen and oxygen atoms in total. The van der Waals surface area contributed by atoms with Gasteiger partial charge in [-0.2, -0.15) is 5.10 Å². The smallest absolute Gasteiger partial charge is 0.233 e. The van der Waals surface area contributed by atoms with Crippen LogP contribution in [0.4, 0.5) is 0 Å². The Kier molecular flexibility index (Phi) is 3.98. The van der Waals surface area contributed by atoms with Gasteiger partial charge < -0.3 is 16.3 Å². The molecule has 5 N–H and O–H groups in total. The van der Waals surface area contributed by atoms with Gasteiger partial charge in [-0.15, -0.1) is 0 Å². The van der Waals surface area contributed by atoms with E-state index in [9.17, 15) is 4.79 Å². The number of carbonyl (C=O) groups excluding carboxylic acids is 1. The van der Waals surface area contributed by atoms with E-state index in [2.05, 4.69) is 25.7 Å². The molecule has 0 spiro atoms. The molecule has 1 heterocycles. The number of nitrogens with zero attached hydrogens (tertiary/aromatic N) is 3. The first-order chi connectivity index (χ1) is 9.19. The monoisotopic (exact) mass is 266 g/mol. The van der Waals surface area contributed by atoms with Gasteiger partial charge in [0.15, 0.2) is 5.84 Å². The molecule has 1 aromatic heterocycles. The average molecular weight is 266 g/mol. The summed E-state index contributed by atoms with van der Waals surface area (Å²) in [5.41, 5.74) is 4.81. The summed E-state index contributed by atoms with van der Waals surface area (Å²) in [6.07, 6.45) is 5.12. The molecule has 0 radical (unpaired) electrons. The fraction of sp³-hybridized carbons (Fsp3) is 0.636. The van der Waals surface area contributed by atoms with Gasteiger partial charge in [-0.1, -0.05) is 11.6 Å². The Morgan fingerprint density at radius 2 is 2.42 bits per heavy atom.